The molecule has 66 valence electrons. The molecule has 0 radical (unpaired) electrons. The van der Waals surface area contributed by atoms with Crippen molar-refractivity contribution in [3.05, 3.63) is 0 Å². The highest BCUT2D eigenvalue weighted by atomic mass is 16.5. The predicted molar refractivity (Wildman–Crippen MR) is 41.2 cm³/mol. The highest BCUT2D eigenvalue weighted by molar-refractivity contribution is 4.79. The number of ether oxygens (including phenoxy) is 1. The molecular formula is C8H16O3. The van der Waals surface area contributed by atoms with Crippen LogP contribution in [-0.2, 0) is 4.74 Å². The zero-order valence-corrected chi connectivity index (χ0v) is 6.73. The highest BCUT2D eigenvalue weighted by Crippen LogP contribution is 2.23. The topological polar surface area (TPSA) is 49.7 Å². The molecule has 4 atom stereocenters. The fourth-order valence-electron chi connectivity index (χ4n) is 1.35. The molecule has 0 aromatic carbocycles. The molecule has 3 nitrogen and oxygen atoms in total. The van der Waals surface area contributed by atoms with Crippen LogP contribution >= 0.6 is 0 Å². The van der Waals surface area contributed by atoms with Gasteiger partial charge in [-0.1, -0.05) is 6.92 Å². The largest absolute Gasteiger partial charge is 0.396 e. The van der Waals surface area contributed by atoms with Crippen molar-refractivity contribution < 1.29 is 16.3 Å². The van der Waals surface area contributed by atoms with Crippen LogP contribution in [0.4, 0.5) is 0 Å². The Morgan fingerprint density at radius 2 is 2.55 bits per heavy atom. The zero-order valence-electron chi connectivity index (χ0n) is 7.73. The third-order valence-electron chi connectivity index (χ3n) is 2.09. The predicted octanol–water partition coefficient (Wildman–Crippen LogP) is 0.155. The lowest BCUT2D eigenvalue weighted by Gasteiger charge is -2.20. The molecule has 1 aliphatic heterocycles. The standard InChI is InChI=1S/C8H16O3/c1-6-3-5-11-8(6)7(10)2-4-9/h6-10H,2-5H2,1H3/t6-,7+,8-/m0/s1/i5T/t5-,6-,7+,8-. The molecule has 0 aromatic heterocycles. The average molecular weight is 162 g/mol. The van der Waals surface area contributed by atoms with Gasteiger partial charge < -0.3 is 14.9 Å². The summed E-state index contributed by atoms with van der Waals surface area (Å²) in [4.78, 5) is 0. The van der Waals surface area contributed by atoms with Gasteiger partial charge in [0.25, 0.3) is 0 Å². The van der Waals surface area contributed by atoms with E-state index in [-0.39, 0.29) is 18.6 Å². The lowest BCUT2D eigenvalue weighted by atomic mass is 9.98. The normalized spacial score (nSPS) is 42.1. The van der Waals surface area contributed by atoms with Crippen molar-refractivity contribution in [3.8, 4) is 0 Å². The van der Waals surface area contributed by atoms with Gasteiger partial charge in [-0.15, -0.1) is 0 Å². The van der Waals surface area contributed by atoms with E-state index in [9.17, 15) is 5.11 Å². The summed E-state index contributed by atoms with van der Waals surface area (Å²) in [5, 5.41) is 18.1. The number of rotatable bonds is 3. The molecule has 0 spiro atoms. The molecule has 1 heterocycles. The number of hydrogen-bond donors (Lipinski definition) is 2. The molecular weight excluding hydrogens is 144 g/mol. The molecule has 1 aliphatic rings. The SMILES string of the molecule is [3H][C@H]1C[C@H](C)[C@@H]([C@H](O)CCO)O1. The molecule has 0 bridgehead atoms. The van der Waals surface area contributed by atoms with Gasteiger partial charge in [0.2, 0.25) is 0 Å². The van der Waals surface area contributed by atoms with E-state index in [1.807, 2.05) is 6.92 Å². The smallest absolute Gasteiger partial charge is 0.0861 e. The fraction of sp³-hybridized carbons (Fsp3) is 1.00. The van der Waals surface area contributed by atoms with Crippen molar-refractivity contribution in [3.63, 3.8) is 0 Å². The van der Waals surface area contributed by atoms with Crippen LogP contribution in [0.15, 0.2) is 0 Å². The minimum atomic E-state index is -0.625. The maximum Gasteiger partial charge on any atom is 0.0861 e. The maximum atomic E-state index is 9.47. The number of aliphatic hydroxyl groups excluding tert-OH is 2. The first-order chi connectivity index (χ1) is 5.65. The molecule has 11 heavy (non-hydrogen) atoms. The van der Waals surface area contributed by atoms with Gasteiger partial charge in [-0.3, -0.25) is 0 Å². The first kappa shape index (κ1) is 7.53. The Bertz CT molecular complexity index is 142. The van der Waals surface area contributed by atoms with Gasteiger partial charge >= 0.3 is 0 Å². The summed E-state index contributed by atoms with van der Waals surface area (Å²) < 4.78 is 12.5. The minimum Gasteiger partial charge on any atom is -0.396 e. The molecule has 1 rings (SSSR count). The second-order valence-electron chi connectivity index (χ2n) is 3.06. The summed E-state index contributed by atoms with van der Waals surface area (Å²) >= 11 is 0. The molecule has 0 amide bonds. The van der Waals surface area contributed by atoms with Crippen LogP contribution in [0.25, 0.3) is 0 Å². The maximum absolute atomic E-state index is 9.47. The van der Waals surface area contributed by atoms with Crippen molar-refractivity contribution >= 4 is 0 Å². The van der Waals surface area contributed by atoms with Crippen molar-refractivity contribution in [1.29, 1.82) is 0 Å². The van der Waals surface area contributed by atoms with Gasteiger partial charge in [0.1, 0.15) is 0 Å². The van der Waals surface area contributed by atoms with Crippen molar-refractivity contribution in [2.45, 2.75) is 32.0 Å². The highest BCUT2D eigenvalue weighted by Gasteiger charge is 2.30. The van der Waals surface area contributed by atoms with Crippen molar-refractivity contribution in [2.75, 3.05) is 13.2 Å². The third-order valence-corrected chi connectivity index (χ3v) is 2.09. The van der Waals surface area contributed by atoms with Crippen LogP contribution in [0.3, 0.4) is 0 Å². The number of hydrogen-bond acceptors (Lipinski definition) is 3. The van der Waals surface area contributed by atoms with Gasteiger partial charge in [0.05, 0.1) is 13.6 Å². The third kappa shape index (κ3) is 2.15. The van der Waals surface area contributed by atoms with E-state index < -0.39 is 12.7 Å². The Morgan fingerprint density at radius 1 is 1.82 bits per heavy atom. The summed E-state index contributed by atoms with van der Waals surface area (Å²) in [5.74, 6) is 0.217. The summed E-state index contributed by atoms with van der Waals surface area (Å²) in [6, 6.07) is 0. The van der Waals surface area contributed by atoms with Crippen LogP contribution < -0.4 is 0 Å². The molecule has 3 heteroatoms. The molecule has 1 saturated heterocycles. The molecule has 1 fully saturated rings. The van der Waals surface area contributed by atoms with Crippen LogP contribution in [0, 0.1) is 5.92 Å². The van der Waals surface area contributed by atoms with Gasteiger partial charge in [0, 0.05) is 13.2 Å². The summed E-state index contributed by atoms with van der Waals surface area (Å²) in [7, 11) is 0. The molecule has 0 aromatic rings. The quantitative estimate of drug-likeness (QED) is 0.621. The van der Waals surface area contributed by atoms with E-state index in [1.54, 1.807) is 0 Å². The molecule has 0 saturated carbocycles. The second-order valence-corrected chi connectivity index (χ2v) is 3.06. The van der Waals surface area contributed by atoms with Crippen molar-refractivity contribution in [2.24, 2.45) is 5.92 Å². The van der Waals surface area contributed by atoms with Crippen LogP contribution in [0.1, 0.15) is 21.1 Å². The minimum absolute atomic E-state index is 0.0313. The summed E-state index contributed by atoms with van der Waals surface area (Å²) in [6.07, 6.45) is 0.120. The Morgan fingerprint density at radius 3 is 3.00 bits per heavy atom. The Balaban J connectivity index is 2.40. The van der Waals surface area contributed by atoms with Gasteiger partial charge in [-0.2, -0.15) is 0 Å². The van der Waals surface area contributed by atoms with Crippen LogP contribution in [0.2, 0.25) is 0 Å². The van der Waals surface area contributed by atoms with Gasteiger partial charge in [-0.25, -0.2) is 0 Å². The Kier molecular flexibility index (Phi) is 2.77. The van der Waals surface area contributed by atoms with E-state index in [0.29, 0.717) is 12.8 Å². The van der Waals surface area contributed by atoms with E-state index >= 15 is 0 Å². The van der Waals surface area contributed by atoms with Crippen LogP contribution in [0.5, 0.6) is 0 Å². The van der Waals surface area contributed by atoms with Crippen molar-refractivity contribution in [1.82, 2.24) is 0 Å². The number of aliphatic hydroxyl groups is 2. The lowest BCUT2D eigenvalue weighted by Crippen LogP contribution is -2.30. The zero-order chi connectivity index (χ0) is 9.14. The van der Waals surface area contributed by atoms with E-state index in [4.69, 9.17) is 11.2 Å². The van der Waals surface area contributed by atoms with Gasteiger partial charge in [0.15, 0.2) is 0 Å². The first-order valence-corrected chi connectivity index (χ1v) is 4.01. The van der Waals surface area contributed by atoms with Crippen LogP contribution in [-0.4, -0.2) is 35.6 Å². The average Bonchev–Trinajstić information content (AvgIpc) is 2.30. The van der Waals surface area contributed by atoms with Gasteiger partial charge in [-0.05, 0) is 18.8 Å². The Labute approximate surface area is 68.4 Å². The fourth-order valence-corrected chi connectivity index (χ4v) is 1.35. The molecule has 0 unspecified atom stereocenters. The first-order valence-electron chi connectivity index (χ1n) is 4.59. The second kappa shape index (κ2) is 4.04. The van der Waals surface area contributed by atoms with E-state index in [2.05, 4.69) is 0 Å². The summed E-state index contributed by atoms with van der Waals surface area (Å²) in [5.41, 5.74) is 0. The summed E-state index contributed by atoms with van der Waals surface area (Å²) in [6.45, 7) is 1.43. The van der Waals surface area contributed by atoms with E-state index in [0.717, 1.165) is 0 Å². The molecule has 0 aliphatic carbocycles. The lowest BCUT2D eigenvalue weighted by molar-refractivity contribution is -0.0263. The molecule has 2 N–H and O–H groups in total. The monoisotopic (exact) mass is 162 g/mol. The Hall–Kier alpha value is -0.120. The van der Waals surface area contributed by atoms with E-state index in [1.165, 1.54) is 0 Å².